The number of anilines is 1. The highest BCUT2D eigenvalue weighted by Crippen LogP contribution is 2.21. The Bertz CT molecular complexity index is 458. The second-order valence-corrected chi connectivity index (χ2v) is 3.40. The molecule has 0 bridgehead atoms. The Hall–Kier alpha value is -2.44. The van der Waals surface area contributed by atoms with Gasteiger partial charge in [-0.25, -0.2) is 4.79 Å². The highest BCUT2D eigenvalue weighted by atomic mass is 16.4. The predicted molar refractivity (Wildman–Crippen MR) is 55.8 cm³/mol. The third-order valence-corrected chi connectivity index (χ3v) is 2.30. The molecule has 1 aromatic rings. The summed E-state index contributed by atoms with van der Waals surface area (Å²) in [4.78, 5) is 37.9. The average molecular weight is 235 g/mol. The van der Waals surface area contributed by atoms with Crippen LogP contribution in [0.15, 0.2) is 24.5 Å². The normalized spacial score (nSPS) is 15.2. The molecular weight excluding hydrogens is 226 g/mol. The molecular formula is C10H9N3O4. The maximum absolute atomic E-state index is 11.5. The van der Waals surface area contributed by atoms with Crippen LogP contribution in [-0.4, -0.2) is 33.0 Å². The molecule has 7 heteroatoms. The summed E-state index contributed by atoms with van der Waals surface area (Å²) in [5, 5.41) is 10.3. The Morgan fingerprint density at radius 1 is 1.35 bits per heavy atom. The Balaban J connectivity index is 2.40. The number of hydrogen-bond donors (Lipinski definition) is 1. The van der Waals surface area contributed by atoms with Gasteiger partial charge in [0.05, 0.1) is 11.9 Å². The molecule has 3 amide bonds. The monoisotopic (exact) mass is 235 g/mol. The van der Waals surface area contributed by atoms with Gasteiger partial charge in [-0.2, -0.15) is 10.0 Å². The number of carboxylic acid groups (broad SMARTS) is 1. The summed E-state index contributed by atoms with van der Waals surface area (Å²) < 4.78 is 0. The third kappa shape index (κ3) is 1.94. The van der Waals surface area contributed by atoms with E-state index < -0.39 is 17.9 Å². The van der Waals surface area contributed by atoms with Crippen molar-refractivity contribution in [3.05, 3.63) is 24.5 Å². The molecule has 17 heavy (non-hydrogen) atoms. The molecule has 1 fully saturated rings. The van der Waals surface area contributed by atoms with Crippen molar-refractivity contribution in [3.8, 4) is 0 Å². The number of hydrazine groups is 1. The van der Waals surface area contributed by atoms with Crippen molar-refractivity contribution >= 4 is 23.6 Å². The number of carbonyl (C=O) groups is 3. The molecule has 1 aliphatic heterocycles. The van der Waals surface area contributed by atoms with Crippen LogP contribution in [0.25, 0.3) is 0 Å². The molecule has 1 saturated heterocycles. The standard InChI is InChI=1S/C10H9N3O4/c14-8-3-4-9(15)13(8)12(10(16)17)7-2-1-5-11-6-7/h1-2,5-6H,3-4H2,(H,16,17). The van der Waals surface area contributed by atoms with E-state index in [1.807, 2.05) is 0 Å². The molecule has 0 unspecified atom stereocenters. The van der Waals surface area contributed by atoms with Gasteiger partial charge in [0.1, 0.15) is 0 Å². The lowest BCUT2D eigenvalue weighted by Gasteiger charge is -2.26. The van der Waals surface area contributed by atoms with Gasteiger partial charge in [0.2, 0.25) is 11.8 Å². The van der Waals surface area contributed by atoms with E-state index in [9.17, 15) is 14.4 Å². The van der Waals surface area contributed by atoms with Crippen LogP contribution < -0.4 is 5.01 Å². The highest BCUT2D eigenvalue weighted by Gasteiger charge is 2.37. The number of pyridine rings is 1. The van der Waals surface area contributed by atoms with Crippen LogP contribution in [0.2, 0.25) is 0 Å². The summed E-state index contributed by atoms with van der Waals surface area (Å²) in [7, 11) is 0. The van der Waals surface area contributed by atoms with Crippen LogP contribution in [0.4, 0.5) is 10.5 Å². The van der Waals surface area contributed by atoms with Gasteiger partial charge in [0.25, 0.3) is 0 Å². The van der Waals surface area contributed by atoms with E-state index in [1.165, 1.54) is 24.5 Å². The van der Waals surface area contributed by atoms with E-state index in [0.29, 0.717) is 10.0 Å². The Morgan fingerprint density at radius 3 is 2.47 bits per heavy atom. The second kappa shape index (κ2) is 4.20. The lowest BCUT2D eigenvalue weighted by molar-refractivity contribution is -0.138. The Morgan fingerprint density at radius 2 is 2.00 bits per heavy atom. The maximum atomic E-state index is 11.5. The van der Waals surface area contributed by atoms with Crippen molar-refractivity contribution in [1.29, 1.82) is 0 Å². The van der Waals surface area contributed by atoms with E-state index in [2.05, 4.69) is 4.98 Å². The quantitative estimate of drug-likeness (QED) is 0.759. The number of aromatic nitrogens is 1. The van der Waals surface area contributed by atoms with Gasteiger partial charge >= 0.3 is 6.09 Å². The molecule has 0 aromatic carbocycles. The number of carbonyl (C=O) groups excluding carboxylic acids is 2. The SMILES string of the molecule is O=C1CCC(=O)N1N(C(=O)O)c1cccnc1. The fourth-order valence-electron chi connectivity index (χ4n) is 1.58. The number of hydrogen-bond acceptors (Lipinski definition) is 4. The van der Waals surface area contributed by atoms with Crippen molar-refractivity contribution in [2.45, 2.75) is 12.8 Å². The molecule has 0 spiro atoms. The van der Waals surface area contributed by atoms with E-state index in [1.54, 1.807) is 0 Å². The Kier molecular flexibility index (Phi) is 2.73. The lowest BCUT2D eigenvalue weighted by atomic mass is 10.4. The molecule has 1 aliphatic rings. The van der Waals surface area contributed by atoms with Crippen LogP contribution in [0.5, 0.6) is 0 Å². The van der Waals surface area contributed by atoms with Crippen molar-refractivity contribution < 1.29 is 19.5 Å². The predicted octanol–water partition coefficient (Wildman–Crippen LogP) is 0.630. The smallest absolute Gasteiger partial charge is 0.431 e. The van der Waals surface area contributed by atoms with Crippen molar-refractivity contribution in [1.82, 2.24) is 9.99 Å². The number of amides is 3. The van der Waals surface area contributed by atoms with Gasteiger partial charge in [-0.05, 0) is 12.1 Å². The number of nitrogens with zero attached hydrogens (tertiary/aromatic N) is 3. The van der Waals surface area contributed by atoms with Gasteiger partial charge in [-0.1, -0.05) is 0 Å². The molecule has 1 aromatic heterocycles. The fourth-order valence-corrected chi connectivity index (χ4v) is 1.58. The van der Waals surface area contributed by atoms with Crippen molar-refractivity contribution in [3.63, 3.8) is 0 Å². The van der Waals surface area contributed by atoms with Crippen LogP contribution in [-0.2, 0) is 9.59 Å². The Labute approximate surface area is 96.2 Å². The third-order valence-electron chi connectivity index (χ3n) is 2.30. The molecule has 0 saturated carbocycles. The summed E-state index contributed by atoms with van der Waals surface area (Å²) >= 11 is 0. The number of imide groups is 1. The second-order valence-electron chi connectivity index (χ2n) is 3.40. The molecule has 1 N–H and O–H groups in total. The van der Waals surface area contributed by atoms with Gasteiger partial charge in [-0.15, -0.1) is 0 Å². The lowest BCUT2D eigenvalue weighted by Crippen LogP contribution is -2.49. The van der Waals surface area contributed by atoms with Crippen LogP contribution in [0.3, 0.4) is 0 Å². The zero-order valence-electron chi connectivity index (χ0n) is 8.74. The largest absolute Gasteiger partial charge is 0.463 e. The first-order chi connectivity index (χ1) is 8.11. The molecule has 2 heterocycles. The van der Waals surface area contributed by atoms with Crippen LogP contribution in [0.1, 0.15) is 12.8 Å². The van der Waals surface area contributed by atoms with Gasteiger partial charge < -0.3 is 5.11 Å². The van der Waals surface area contributed by atoms with Gasteiger partial charge in [0.15, 0.2) is 0 Å². The van der Waals surface area contributed by atoms with Crippen LogP contribution in [0, 0.1) is 0 Å². The minimum absolute atomic E-state index is 0.0306. The summed E-state index contributed by atoms with van der Waals surface area (Å²) in [5.74, 6) is -1.05. The summed E-state index contributed by atoms with van der Waals surface area (Å²) in [6.45, 7) is 0. The topological polar surface area (TPSA) is 90.8 Å². The summed E-state index contributed by atoms with van der Waals surface area (Å²) in [6.07, 6.45) is 1.40. The first-order valence-electron chi connectivity index (χ1n) is 4.90. The van der Waals surface area contributed by atoms with E-state index in [4.69, 9.17) is 5.11 Å². The minimum Gasteiger partial charge on any atom is -0.463 e. The molecule has 88 valence electrons. The maximum Gasteiger partial charge on any atom is 0.431 e. The van der Waals surface area contributed by atoms with E-state index in [-0.39, 0.29) is 18.5 Å². The molecule has 0 atom stereocenters. The average Bonchev–Trinajstić information content (AvgIpc) is 2.62. The molecule has 7 nitrogen and oxygen atoms in total. The first kappa shape index (κ1) is 11.1. The van der Waals surface area contributed by atoms with Crippen LogP contribution >= 0.6 is 0 Å². The minimum atomic E-state index is -1.40. The molecule has 0 aliphatic carbocycles. The fraction of sp³-hybridized carbons (Fsp3) is 0.200. The van der Waals surface area contributed by atoms with Crippen molar-refractivity contribution in [2.24, 2.45) is 0 Å². The van der Waals surface area contributed by atoms with E-state index in [0.717, 1.165) is 0 Å². The zero-order chi connectivity index (χ0) is 12.4. The highest BCUT2D eigenvalue weighted by molar-refractivity contribution is 6.07. The molecule has 2 rings (SSSR count). The van der Waals surface area contributed by atoms with Gasteiger partial charge in [-0.3, -0.25) is 14.6 Å². The summed E-state index contributed by atoms with van der Waals surface area (Å²) in [6, 6.07) is 2.98. The van der Waals surface area contributed by atoms with E-state index >= 15 is 0 Å². The first-order valence-corrected chi connectivity index (χ1v) is 4.90. The summed E-state index contributed by atoms with van der Waals surface area (Å²) in [5.41, 5.74) is 0.156. The number of rotatable bonds is 2. The van der Waals surface area contributed by atoms with Gasteiger partial charge in [0, 0.05) is 19.0 Å². The molecule has 0 radical (unpaired) electrons. The van der Waals surface area contributed by atoms with Crippen molar-refractivity contribution in [2.75, 3.05) is 5.01 Å². The zero-order valence-corrected chi connectivity index (χ0v) is 8.74.